The number of nitrogens with one attached hydrogen (secondary N) is 2. The van der Waals surface area contributed by atoms with Gasteiger partial charge in [0.1, 0.15) is 11.6 Å². The lowest BCUT2D eigenvalue weighted by Crippen LogP contribution is -2.55. The fourth-order valence-electron chi connectivity index (χ4n) is 7.10. The van der Waals surface area contributed by atoms with Crippen LogP contribution in [0.2, 0.25) is 0 Å². The molecule has 3 aliphatic rings. The summed E-state index contributed by atoms with van der Waals surface area (Å²) in [4.78, 5) is 47.5. The van der Waals surface area contributed by atoms with E-state index in [2.05, 4.69) is 37.2 Å². The van der Waals surface area contributed by atoms with Gasteiger partial charge >= 0.3 is 0 Å². The molecule has 10 heteroatoms. The minimum atomic E-state index is -0.680. The average Bonchev–Trinajstić information content (AvgIpc) is 3.32. The molecule has 2 aliphatic heterocycles. The molecule has 0 saturated carbocycles. The number of likely N-dealkylation sites (tertiary alicyclic amines) is 1. The summed E-state index contributed by atoms with van der Waals surface area (Å²) in [5.74, 6) is -0.543. The second-order valence-corrected chi connectivity index (χ2v) is 12.2. The molecule has 6 rings (SSSR count). The third-order valence-electron chi connectivity index (χ3n) is 9.65. The van der Waals surface area contributed by atoms with Crippen LogP contribution in [0, 0.1) is 11.8 Å². The summed E-state index contributed by atoms with van der Waals surface area (Å²) in [5, 5.41) is 7.76. The number of rotatable bonds is 6. The van der Waals surface area contributed by atoms with Gasteiger partial charge in [0.05, 0.1) is 5.69 Å². The first-order valence-corrected chi connectivity index (χ1v) is 15.0. The van der Waals surface area contributed by atoms with Crippen molar-refractivity contribution in [2.24, 2.45) is 18.9 Å². The third kappa shape index (κ3) is 4.86. The number of amides is 1. The number of aromatic nitrogens is 3. The van der Waals surface area contributed by atoms with Gasteiger partial charge in [0.2, 0.25) is 5.91 Å². The van der Waals surface area contributed by atoms with Crippen LogP contribution in [0.5, 0.6) is 0 Å². The zero-order valence-corrected chi connectivity index (χ0v) is 25.0. The molecule has 1 amide bonds. The average molecular weight is 572 g/mol. The molecular formula is C32H41N7O3. The van der Waals surface area contributed by atoms with E-state index >= 15 is 0 Å². The fraction of sp³-hybridized carbons (Fsp3) is 0.500. The van der Waals surface area contributed by atoms with Crippen molar-refractivity contribution in [3.05, 3.63) is 64.4 Å². The number of likely N-dealkylation sites (N-methyl/N-ethyl adjacent to an activating group) is 1. The van der Waals surface area contributed by atoms with E-state index in [0.717, 1.165) is 85.5 Å². The molecule has 2 N–H and O–H groups in total. The van der Waals surface area contributed by atoms with Crippen LogP contribution < -0.4 is 16.2 Å². The van der Waals surface area contributed by atoms with Gasteiger partial charge in [-0.2, -0.15) is 0 Å². The maximum Gasteiger partial charge on any atom is 0.260 e. The number of anilines is 1. The number of piperidine rings is 1. The number of hydrogen-bond donors (Lipinski definition) is 2. The number of hydrogen-bond acceptors (Lipinski definition) is 7. The van der Waals surface area contributed by atoms with Gasteiger partial charge in [-0.1, -0.05) is 12.2 Å². The van der Waals surface area contributed by atoms with Gasteiger partial charge in [0.15, 0.2) is 5.78 Å². The molecule has 222 valence electrons. The zero-order valence-electron chi connectivity index (χ0n) is 25.0. The van der Waals surface area contributed by atoms with Crippen LogP contribution >= 0.6 is 0 Å². The second kappa shape index (κ2) is 11.1. The first-order valence-electron chi connectivity index (χ1n) is 15.0. The van der Waals surface area contributed by atoms with Gasteiger partial charge in [0.25, 0.3) is 5.56 Å². The van der Waals surface area contributed by atoms with Crippen molar-refractivity contribution in [3.8, 4) is 5.69 Å². The quantitative estimate of drug-likeness (QED) is 0.346. The Kier molecular flexibility index (Phi) is 7.53. The standard InChI is InChI=1S/C32H41N7O3/c1-33-32(12-7-24(28(40)19-32)30(41)36(2)3)21-9-15-38(16-10-21)20-22-18-25-27(8-14-35-29(25)37(22)4)39-17-11-26-23(31(39)42)6-5-13-34-26/h7-8,11-12,14,17-18,21,24,33-34H,5-6,9-10,13,15-16,19-20H2,1-4H3. The van der Waals surface area contributed by atoms with Gasteiger partial charge in [-0.15, -0.1) is 0 Å². The Hall–Kier alpha value is -3.76. The number of carbonyl (C=O) groups is 2. The highest BCUT2D eigenvalue weighted by atomic mass is 16.2. The van der Waals surface area contributed by atoms with E-state index in [9.17, 15) is 14.4 Å². The van der Waals surface area contributed by atoms with Crippen molar-refractivity contribution >= 4 is 28.4 Å². The maximum atomic E-state index is 13.4. The highest BCUT2D eigenvalue weighted by Gasteiger charge is 2.44. The summed E-state index contributed by atoms with van der Waals surface area (Å²) < 4.78 is 3.90. The number of fused-ring (bicyclic) bond motifs is 2. The molecule has 5 heterocycles. The lowest BCUT2D eigenvalue weighted by molar-refractivity contribution is -0.138. The predicted molar refractivity (Wildman–Crippen MR) is 164 cm³/mol. The summed E-state index contributed by atoms with van der Waals surface area (Å²) in [6, 6.07) is 6.10. The molecule has 0 aromatic carbocycles. The van der Waals surface area contributed by atoms with Crippen molar-refractivity contribution in [2.45, 2.75) is 44.2 Å². The first-order chi connectivity index (χ1) is 20.2. The number of aryl methyl sites for hydroxylation is 1. The summed E-state index contributed by atoms with van der Waals surface area (Å²) >= 11 is 0. The molecule has 3 aromatic heterocycles. The molecule has 1 aliphatic carbocycles. The zero-order chi connectivity index (χ0) is 29.6. The Bertz CT molecular complexity index is 1610. The molecule has 1 fully saturated rings. The lowest BCUT2D eigenvalue weighted by atomic mass is 9.70. The molecule has 1 saturated heterocycles. The summed E-state index contributed by atoms with van der Waals surface area (Å²) in [7, 11) is 7.35. The van der Waals surface area contributed by atoms with Crippen LogP contribution in [0.4, 0.5) is 5.69 Å². The Morgan fingerprint density at radius 3 is 2.71 bits per heavy atom. The number of ketones is 1. The predicted octanol–water partition coefficient (Wildman–Crippen LogP) is 2.49. The van der Waals surface area contributed by atoms with Crippen molar-refractivity contribution in [1.82, 2.24) is 29.2 Å². The first kappa shape index (κ1) is 28.4. The van der Waals surface area contributed by atoms with Gasteiger partial charge in [-0.3, -0.25) is 23.9 Å². The normalized spacial score (nSPS) is 23.1. The van der Waals surface area contributed by atoms with Crippen molar-refractivity contribution in [2.75, 3.05) is 46.1 Å². The second-order valence-electron chi connectivity index (χ2n) is 12.2. The van der Waals surface area contributed by atoms with E-state index < -0.39 is 11.5 Å². The summed E-state index contributed by atoms with van der Waals surface area (Å²) in [5.41, 5.74) is 4.28. The van der Waals surface area contributed by atoms with Crippen LogP contribution in [0.15, 0.2) is 47.5 Å². The van der Waals surface area contributed by atoms with E-state index in [1.165, 1.54) is 4.90 Å². The fourth-order valence-corrected chi connectivity index (χ4v) is 7.10. The molecule has 0 radical (unpaired) electrons. The molecule has 2 unspecified atom stereocenters. The van der Waals surface area contributed by atoms with Crippen LogP contribution in [0.3, 0.4) is 0 Å². The molecular weight excluding hydrogens is 530 g/mol. The SMILES string of the molecule is CNC1(C2CCN(Cc3cc4c(-n5ccc6c(c5=O)CCCN6)ccnc4n3C)CC2)C=CC(C(=O)N(C)C)C(=O)C1. The van der Waals surface area contributed by atoms with Crippen LogP contribution in [-0.4, -0.2) is 81.9 Å². The van der Waals surface area contributed by atoms with Crippen LogP contribution in [0.25, 0.3) is 16.7 Å². The third-order valence-corrected chi connectivity index (χ3v) is 9.65. The summed E-state index contributed by atoms with van der Waals surface area (Å²) in [6.07, 6.45) is 11.5. The van der Waals surface area contributed by atoms with Gasteiger partial charge in [-0.05, 0) is 69.9 Å². The van der Waals surface area contributed by atoms with Crippen molar-refractivity contribution in [1.29, 1.82) is 0 Å². The number of carbonyl (C=O) groups excluding carboxylic acids is 2. The topological polar surface area (TPSA) is 104 Å². The Balaban J connectivity index is 1.19. The van der Waals surface area contributed by atoms with E-state index in [0.29, 0.717) is 12.3 Å². The monoisotopic (exact) mass is 571 g/mol. The maximum absolute atomic E-state index is 13.4. The van der Waals surface area contributed by atoms with E-state index in [1.807, 2.05) is 38.5 Å². The largest absolute Gasteiger partial charge is 0.385 e. The molecule has 42 heavy (non-hydrogen) atoms. The summed E-state index contributed by atoms with van der Waals surface area (Å²) in [6.45, 7) is 3.51. The molecule has 0 spiro atoms. The molecule has 0 bridgehead atoms. The highest BCUT2D eigenvalue weighted by Crippen LogP contribution is 2.37. The smallest absolute Gasteiger partial charge is 0.260 e. The number of nitrogens with zero attached hydrogens (tertiary/aromatic N) is 5. The van der Waals surface area contributed by atoms with Gasteiger partial charge in [-0.25, -0.2) is 4.98 Å². The Morgan fingerprint density at radius 1 is 1.21 bits per heavy atom. The number of pyridine rings is 2. The lowest BCUT2D eigenvalue weighted by Gasteiger charge is -2.45. The minimum Gasteiger partial charge on any atom is -0.385 e. The van der Waals surface area contributed by atoms with Crippen LogP contribution in [-0.2, 0) is 29.6 Å². The van der Waals surface area contributed by atoms with Gasteiger partial charge < -0.3 is 20.1 Å². The number of Topliss-reactive ketones (excluding diaryl/α,β-unsaturated/α-hetero) is 1. The molecule has 2 atom stereocenters. The van der Waals surface area contributed by atoms with Crippen molar-refractivity contribution < 1.29 is 9.59 Å². The van der Waals surface area contributed by atoms with Crippen LogP contribution in [0.1, 0.15) is 36.9 Å². The minimum absolute atomic E-state index is 0.0129. The van der Waals surface area contributed by atoms with E-state index in [4.69, 9.17) is 0 Å². The molecule has 10 nitrogen and oxygen atoms in total. The van der Waals surface area contributed by atoms with Crippen molar-refractivity contribution in [3.63, 3.8) is 0 Å². The van der Waals surface area contributed by atoms with E-state index in [-0.39, 0.29) is 17.2 Å². The Labute approximate surface area is 246 Å². The highest BCUT2D eigenvalue weighted by molar-refractivity contribution is 6.04. The van der Waals surface area contributed by atoms with Gasteiger partial charge in [0, 0.05) is 80.9 Å². The Morgan fingerprint density at radius 2 is 2.00 bits per heavy atom. The molecule has 3 aromatic rings. The van der Waals surface area contributed by atoms with E-state index in [1.54, 1.807) is 24.9 Å².